The van der Waals surface area contributed by atoms with Gasteiger partial charge in [-0.1, -0.05) is 0 Å². The molecule has 1 N–H and O–H groups in total. The van der Waals surface area contributed by atoms with Crippen LogP contribution in [0, 0.1) is 5.92 Å². The fraction of sp³-hybridized carbons (Fsp3) is 0.500. The number of hydrogen-bond donors (Lipinski definition) is 1. The maximum Gasteiger partial charge on any atom is 0.341 e. The van der Waals surface area contributed by atoms with Crippen molar-refractivity contribution in [2.24, 2.45) is 5.92 Å². The standard InChI is InChI=1S/C12H15NO4/c14-12(15)10-7-13-4-1-11(10)17-8-9-2-5-16-6-3-9/h1,4,7,9H,2-3,5-6,8H2,(H,14,15). The van der Waals surface area contributed by atoms with Crippen LogP contribution in [-0.2, 0) is 4.74 Å². The third-order valence-corrected chi connectivity index (χ3v) is 2.83. The van der Waals surface area contributed by atoms with E-state index in [4.69, 9.17) is 14.6 Å². The summed E-state index contributed by atoms with van der Waals surface area (Å²) in [5.74, 6) is -0.183. The van der Waals surface area contributed by atoms with Crippen LogP contribution in [0.15, 0.2) is 18.5 Å². The molecule has 1 aromatic rings. The Hall–Kier alpha value is -1.62. The van der Waals surface area contributed by atoms with Crippen LogP contribution in [0.4, 0.5) is 0 Å². The minimum absolute atomic E-state index is 0.111. The molecule has 0 aliphatic carbocycles. The van der Waals surface area contributed by atoms with E-state index in [1.54, 1.807) is 6.07 Å². The Labute approximate surface area is 99.4 Å². The number of carbonyl (C=O) groups is 1. The molecule has 92 valence electrons. The minimum atomic E-state index is -1.01. The molecule has 1 saturated heterocycles. The first-order chi connectivity index (χ1) is 8.27. The Kier molecular flexibility index (Phi) is 3.93. The number of nitrogens with zero attached hydrogens (tertiary/aromatic N) is 1. The summed E-state index contributed by atoms with van der Waals surface area (Å²) in [5, 5.41) is 8.96. The van der Waals surface area contributed by atoms with Gasteiger partial charge in [0.15, 0.2) is 0 Å². The van der Waals surface area contributed by atoms with Gasteiger partial charge in [0.25, 0.3) is 0 Å². The molecular formula is C12H15NO4. The predicted molar refractivity (Wildman–Crippen MR) is 60.2 cm³/mol. The lowest BCUT2D eigenvalue weighted by Gasteiger charge is -2.22. The highest BCUT2D eigenvalue weighted by Gasteiger charge is 2.16. The number of rotatable bonds is 4. The zero-order chi connectivity index (χ0) is 12.1. The van der Waals surface area contributed by atoms with E-state index >= 15 is 0 Å². The summed E-state index contributed by atoms with van der Waals surface area (Å²) in [6.07, 6.45) is 4.77. The third kappa shape index (κ3) is 3.17. The summed E-state index contributed by atoms with van der Waals surface area (Å²) in [6.45, 7) is 2.06. The molecule has 0 unspecified atom stereocenters. The van der Waals surface area contributed by atoms with Crippen LogP contribution in [0.3, 0.4) is 0 Å². The fourth-order valence-electron chi connectivity index (χ4n) is 1.79. The normalized spacial score (nSPS) is 16.7. The van der Waals surface area contributed by atoms with Gasteiger partial charge in [-0.15, -0.1) is 0 Å². The average Bonchev–Trinajstić information content (AvgIpc) is 2.38. The minimum Gasteiger partial charge on any atom is -0.492 e. The molecule has 1 aliphatic heterocycles. The van der Waals surface area contributed by atoms with Gasteiger partial charge in [0, 0.05) is 25.6 Å². The van der Waals surface area contributed by atoms with Gasteiger partial charge in [-0.25, -0.2) is 4.79 Å². The number of pyridine rings is 1. The van der Waals surface area contributed by atoms with E-state index in [2.05, 4.69) is 4.98 Å². The summed E-state index contributed by atoms with van der Waals surface area (Å²) in [4.78, 5) is 14.7. The smallest absolute Gasteiger partial charge is 0.341 e. The van der Waals surface area contributed by atoms with Crippen LogP contribution in [0.2, 0.25) is 0 Å². The molecule has 2 rings (SSSR count). The average molecular weight is 237 g/mol. The Bertz CT molecular complexity index is 388. The highest BCUT2D eigenvalue weighted by molar-refractivity contribution is 5.90. The molecule has 0 amide bonds. The summed E-state index contributed by atoms with van der Waals surface area (Å²) in [5.41, 5.74) is 0.111. The fourth-order valence-corrected chi connectivity index (χ4v) is 1.79. The predicted octanol–water partition coefficient (Wildman–Crippen LogP) is 1.59. The van der Waals surface area contributed by atoms with Gasteiger partial charge in [-0.05, 0) is 24.8 Å². The van der Waals surface area contributed by atoms with E-state index in [9.17, 15) is 4.79 Å². The van der Waals surface area contributed by atoms with Crippen molar-refractivity contribution in [3.63, 3.8) is 0 Å². The van der Waals surface area contributed by atoms with Crippen molar-refractivity contribution in [3.05, 3.63) is 24.0 Å². The van der Waals surface area contributed by atoms with Crippen molar-refractivity contribution in [2.45, 2.75) is 12.8 Å². The molecule has 0 aromatic carbocycles. The molecule has 5 heteroatoms. The van der Waals surface area contributed by atoms with Crippen molar-refractivity contribution < 1.29 is 19.4 Å². The van der Waals surface area contributed by atoms with E-state index in [0.29, 0.717) is 18.3 Å². The van der Waals surface area contributed by atoms with Gasteiger partial charge >= 0.3 is 5.97 Å². The molecule has 0 saturated carbocycles. The summed E-state index contributed by atoms with van der Waals surface area (Å²) in [7, 11) is 0. The van der Waals surface area contributed by atoms with Crippen LogP contribution >= 0.6 is 0 Å². The first kappa shape index (κ1) is 11.9. The zero-order valence-electron chi connectivity index (χ0n) is 9.46. The molecule has 0 radical (unpaired) electrons. The van der Waals surface area contributed by atoms with Gasteiger partial charge in [0.2, 0.25) is 0 Å². The zero-order valence-corrected chi connectivity index (χ0v) is 9.46. The molecule has 17 heavy (non-hydrogen) atoms. The van der Waals surface area contributed by atoms with E-state index in [1.165, 1.54) is 12.4 Å². The van der Waals surface area contributed by atoms with Crippen LogP contribution in [-0.4, -0.2) is 35.9 Å². The molecule has 1 aromatic heterocycles. The Balaban J connectivity index is 1.96. The molecule has 1 fully saturated rings. The quantitative estimate of drug-likeness (QED) is 0.861. The van der Waals surface area contributed by atoms with Gasteiger partial charge in [0.1, 0.15) is 11.3 Å². The molecular weight excluding hydrogens is 222 g/mol. The number of hydrogen-bond acceptors (Lipinski definition) is 4. The van der Waals surface area contributed by atoms with Crippen LogP contribution in [0.1, 0.15) is 23.2 Å². The topological polar surface area (TPSA) is 68.7 Å². The second kappa shape index (κ2) is 5.63. The van der Waals surface area contributed by atoms with Crippen molar-refractivity contribution in [1.82, 2.24) is 4.98 Å². The van der Waals surface area contributed by atoms with Gasteiger partial charge in [-0.3, -0.25) is 4.98 Å². The largest absolute Gasteiger partial charge is 0.492 e. The number of carboxylic acids is 1. The number of ether oxygens (including phenoxy) is 2. The lowest BCUT2D eigenvalue weighted by atomic mass is 10.0. The maximum absolute atomic E-state index is 10.9. The monoisotopic (exact) mass is 237 g/mol. The number of carboxylic acid groups (broad SMARTS) is 1. The Morgan fingerprint density at radius 2 is 2.29 bits per heavy atom. The first-order valence-electron chi connectivity index (χ1n) is 5.65. The number of aromatic carboxylic acids is 1. The lowest BCUT2D eigenvalue weighted by Crippen LogP contribution is -2.22. The molecule has 2 heterocycles. The highest BCUT2D eigenvalue weighted by atomic mass is 16.5. The summed E-state index contributed by atoms with van der Waals surface area (Å²) < 4.78 is 10.8. The van der Waals surface area contributed by atoms with Crippen LogP contribution in [0.25, 0.3) is 0 Å². The second-order valence-corrected chi connectivity index (χ2v) is 4.04. The molecule has 0 bridgehead atoms. The highest BCUT2D eigenvalue weighted by Crippen LogP contribution is 2.20. The van der Waals surface area contributed by atoms with Gasteiger partial charge < -0.3 is 14.6 Å². The third-order valence-electron chi connectivity index (χ3n) is 2.83. The second-order valence-electron chi connectivity index (χ2n) is 4.04. The molecule has 5 nitrogen and oxygen atoms in total. The summed E-state index contributed by atoms with van der Waals surface area (Å²) in [6, 6.07) is 1.59. The van der Waals surface area contributed by atoms with Crippen molar-refractivity contribution in [2.75, 3.05) is 19.8 Å². The van der Waals surface area contributed by atoms with Crippen molar-refractivity contribution in [1.29, 1.82) is 0 Å². The lowest BCUT2D eigenvalue weighted by molar-refractivity contribution is 0.0490. The SMILES string of the molecule is O=C(O)c1cnccc1OCC1CCOCC1. The van der Waals surface area contributed by atoms with Gasteiger partial charge in [-0.2, -0.15) is 0 Å². The summed E-state index contributed by atoms with van der Waals surface area (Å²) >= 11 is 0. The van der Waals surface area contributed by atoms with E-state index < -0.39 is 5.97 Å². The first-order valence-corrected chi connectivity index (χ1v) is 5.65. The van der Waals surface area contributed by atoms with Crippen LogP contribution in [0.5, 0.6) is 5.75 Å². The molecule has 0 atom stereocenters. The van der Waals surface area contributed by atoms with E-state index in [1.807, 2.05) is 0 Å². The van der Waals surface area contributed by atoms with Gasteiger partial charge in [0.05, 0.1) is 6.61 Å². The number of aromatic nitrogens is 1. The van der Waals surface area contributed by atoms with E-state index in [-0.39, 0.29) is 5.56 Å². The van der Waals surface area contributed by atoms with E-state index in [0.717, 1.165) is 26.1 Å². The maximum atomic E-state index is 10.9. The molecule has 1 aliphatic rings. The van der Waals surface area contributed by atoms with Crippen molar-refractivity contribution in [3.8, 4) is 5.75 Å². The van der Waals surface area contributed by atoms with Crippen molar-refractivity contribution >= 4 is 5.97 Å². The molecule has 0 spiro atoms. The Morgan fingerprint density at radius 1 is 1.53 bits per heavy atom. The Morgan fingerprint density at radius 3 is 3.00 bits per heavy atom. The van der Waals surface area contributed by atoms with Crippen LogP contribution < -0.4 is 4.74 Å².